The molecule has 0 N–H and O–H groups in total. The minimum atomic E-state index is -4.36. The number of hydrogen-bond donors (Lipinski definition) is 0. The zero-order chi connectivity index (χ0) is 26.7. The first-order valence-corrected chi connectivity index (χ1v) is 13.2. The third-order valence-electron chi connectivity index (χ3n) is 7.42. The van der Waals surface area contributed by atoms with Gasteiger partial charge >= 0.3 is 6.18 Å². The Morgan fingerprint density at radius 3 is 2.21 bits per heavy atom. The summed E-state index contributed by atoms with van der Waals surface area (Å²) in [5.41, 5.74) is 2.18. The van der Waals surface area contributed by atoms with E-state index >= 15 is 0 Å². The molecule has 1 heterocycles. The number of nitrogens with zero attached hydrogens (tertiary/aromatic N) is 2. The molecule has 0 bridgehead atoms. The van der Waals surface area contributed by atoms with E-state index in [1.54, 1.807) is 12.1 Å². The Balaban J connectivity index is 1.17. The minimum Gasteiger partial charge on any atom is -0.368 e. The van der Waals surface area contributed by atoms with Crippen LogP contribution in [0.2, 0.25) is 5.02 Å². The lowest BCUT2D eigenvalue weighted by molar-refractivity contribution is -0.137. The van der Waals surface area contributed by atoms with Crippen LogP contribution in [-0.2, 0) is 22.3 Å². The molecule has 5 rings (SSSR count). The van der Waals surface area contributed by atoms with Gasteiger partial charge in [0.05, 0.1) is 18.3 Å². The molecule has 1 aliphatic heterocycles. The lowest BCUT2D eigenvalue weighted by Crippen LogP contribution is -2.50. The molecule has 1 saturated heterocycles. The van der Waals surface area contributed by atoms with Crippen LogP contribution in [0, 0.1) is 5.92 Å². The molecule has 2 fully saturated rings. The van der Waals surface area contributed by atoms with E-state index < -0.39 is 11.7 Å². The standard InChI is InChI=1S/C30H30ClF3N2O2/c31-25-12-8-23(9-13-25)28(38-20-21-6-10-24(11-7-21)30(32,33)34)19-35-14-16-36(17-15-35)29(37)27-18-26(27)22-4-2-1-3-5-22/h1-13,26-28H,14-20H2/t26-,27?,28?/m0/s1. The van der Waals surface area contributed by atoms with Crippen molar-refractivity contribution in [3.8, 4) is 0 Å². The summed E-state index contributed by atoms with van der Waals surface area (Å²) in [5, 5.41) is 0.622. The number of benzene rings is 3. The summed E-state index contributed by atoms with van der Waals surface area (Å²) in [6.07, 6.45) is -3.74. The molecule has 0 aromatic heterocycles. The van der Waals surface area contributed by atoms with Crippen molar-refractivity contribution in [1.82, 2.24) is 9.80 Å². The number of carbonyl (C=O) groups is 1. The van der Waals surface area contributed by atoms with Crippen molar-refractivity contribution in [3.63, 3.8) is 0 Å². The quantitative estimate of drug-likeness (QED) is 0.323. The number of rotatable bonds is 8. The van der Waals surface area contributed by atoms with E-state index in [0.29, 0.717) is 36.1 Å². The predicted molar refractivity (Wildman–Crippen MR) is 141 cm³/mol. The predicted octanol–water partition coefficient (Wildman–Crippen LogP) is 6.56. The smallest absolute Gasteiger partial charge is 0.368 e. The van der Waals surface area contributed by atoms with Crippen molar-refractivity contribution in [2.45, 2.75) is 31.2 Å². The van der Waals surface area contributed by atoms with E-state index in [2.05, 4.69) is 17.0 Å². The molecule has 1 saturated carbocycles. The summed E-state index contributed by atoms with van der Waals surface area (Å²) in [5.74, 6) is 0.652. The molecule has 3 atom stereocenters. The second-order valence-corrected chi connectivity index (χ2v) is 10.5. The number of alkyl halides is 3. The van der Waals surface area contributed by atoms with Gasteiger partial charge in [-0.3, -0.25) is 9.69 Å². The van der Waals surface area contributed by atoms with Gasteiger partial charge in [-0.15, -0.1) is 0 Å². The van der Waals surface area contributed by atoms with Gasteiger partial charge in [0.2, 0.25) is 5.91 Å². The molecule has 0 spiro atoms. The van der Waals surface area contributed by atoms with Crippen LogP contribution in [0.4, 0.5) is 13.2 Å². The van der Waals surface area contributed by atoms with Gasteiger partial charge in [-0.05, 0) is 53.3 Å². The fraction of sp³-hybridized carbons (Fsp3) is 0.367. The first-order chi connectivity index (χ1) is 18.3. The number of halogens is 4. The van der Waals surface area contributed by atoms with E-state index in [1.807, 2.05) is 35.2 Å². The summed E-state index contributed by atoms with van der Waals surface area (Å²) in [6, 6.07) is 22.7. The fourth-order valence-electron chi connectivity index (χ4n) is 5.07. The minimum absolute atomic E-state index is 0.0813. The summed E-state index contributed by atoms with van der Waals surface area (Å²) < 4.78 is 44.9. The topological polar surface area (TPSA) is 32.8 Å². The van der Waals surface area contributed by atoms with E-state index in [-0.39, 0.29) is 24.5 Å². The van der Waals surface area contributed by atoms with Gasteiger partial charge in [0.1, 0.15) is 0 Å². The Bertz CT molecular complexity index is 1210. The molecule has 3 aromatic rings. The van der Waals surface area contributed by atoms with Crippen LogP contribution in [0.5, 0.6) is 0 Å². The Morgan fingerprint density at radius 1 is 0.921 bits per heavy atom. The highest BCUT2D eigenvalue weighted by Gasteiger charge is 2.46. The Kier molecular flexibility index (Phi) is 8.07. The average molecular weight is 543 g/mol. The van der Waals surface area contributed by atoms with Gasteiger partial charge in [0.25, 0.3) is 0 Å². The average Bonchev–Trinajstić information content (AvgIpc) is 3.73. The van der Waals surface area contributed by atoms with E-state index in [4.69, 9.17) is 16.3 Å². The van der Waals surface area contributed by atoms with Crippen molar-refractivity contribution in [3.05, 3.63) is 106 Å². The third-order valence-corrected chi connectivity index (χ3v) is 7.67. The van der Waals surface area contributed by atoms with Crippen LogP contribution in [-0.4, -0.2) is 48.4 Å². The van der Waals surface area contributed by atoms with Crippen LogP contribution in [0.3, 0.4) is 0 Å². The Labute approximate surface area is 226 Å². The maximum atomic E-state index is 13.1. The number of amides is 1. The van der Waals surface area contributed by atoms with E-state index in [0.717, 1.165) is 37.2 Å². The number of ether oxygens (including phenoxy) is 1. The largest absolute Gasteiger partial charge is 0.416 e. The summed E-state index contributed by atoms with van der Waals surface area (Å²) in [6.45, 7) is 3.61. The highest BCUT2D eigenvalue weighted by Crippen LogP contribution is 2.48. The van der Waals surface area contributed by atoms with Gasteiger partial charge in [-0.25, -0.2) is 0 Å². The molecular formula is C30H30ClF3N2O2. The zero-order valence-electron chi connectivity index (χ0n) is 20.9. The number of hydrogen-bond acceptors (Lipinski definition) is 3. The van der Waals surface area contributed by atoms with E-state index in [1.165, 1.54) is 17.7 Å². The maximum absolute atomic E-state index is 13.1. The molecule has 2 aliphatic rings. The molecule has 0 radical (unpaired) electrons. The molecule has 38 heavy (non-hydrogen) atoms. The Hall–Kier alpha value is -2.87. The van der Waals surface area contributed by atoms with Gasteiger partial charge < -0.3 is 9.64 Å². The summed E-state index contributed by atoms with van der Waals surface area (Å²) in [7, 11) is 0. The van der Waals surface area contributed by atoms with Crippen LogP contribution >= 0.6 is 11.6 Å². The second kappa shape index (κ2) is 11.5. The van der Waals surface area contributed by atoms with Gasteiger partial charge in [-0.1, -0.05) is 66.2 Å². The third kappa shape index (κ3) is 6.57. The maximum Gasteiger partial charge on any atom is 0.416 e. The molecule has 8 heteroatoms. The monoisotopic (exact) mass is 542 g/mol. The van der Waals surface area contributed by atoms with Crippen LogP contribution in [0.25, 0.3) is 0 Å². The molecule has 3 aromatic carbocycles. The molecular weight excluding hydrogens is 513 g/mol. The lowest BCUT2D eigenvalue weighted by atomic mass is 10.1. The van der Waals surface area contributed by atoms with Gasteiger partial charge in [0.15, 0.2) is 0 Å². The van der Waals surface area contributed by atoms with Crippen LogP contribution in [0.1, 0.15) is 40.7 Å². The molecule has 1 amide bonds. The molecule has 2 unspecified atom stereocenters. The number of piperazine rings is 1. The van der Waals surface area contributed by atoms with Gasteiger partial charge in [-0.2, -0.15) is 13.2 Å². The first kappa shape index (κ1) is 26.7. The Morgan fingerprint density at radius 2 is 1.58 bits per heavy atom. The second-order valence-electron chi connectivity index (χ2n) is 10.0. The van der Waals surface area contributed by atoms with Crippen molar-refractivity contribution >= 4 is 17.5 Å². The molecule has 4 nitrogen and oxygen atoms in total. The fourth-order valence-corrected chi connectivity index (χ4v) is 5.20. The van der Waals surface area contributed by atoms with Crippen LogP contribution in [0.15, 0.2) is 78.9 Å². The van der Waals surface area contributed by atoms with Crippen molar-refractivity contribution in [2.24, 2.45) is 5.92 Å². The number of carbonyl (C=O) groups excluding carboxylic acids is 1. The lowest BCUT2D eigenvalue weighted by Gasteiger charge is -2.36. The summed E-state index contributed by atoms with van der Waals surface area (Å²) >= 11 is 6.08. The molecule has 200 valence electrons. The van der Waals surface area contributed by atoms with Crippen molar-refractivity contribution in [2.75, 3.05) is 32.7 Å². The van der Waals surface area contributed by atoms with Crippen molar-refractivity contribution < 1.29 is 22.7 Å². The highest BCUT2D eigenvalue weighted by atomic mass is 35.5. The van der Waals surface area contributed by atoms with Crippen molar-refractivity contribution in [1.29, 1.82) is 0 Å². The zero-order valence-corrected chi connectivity index (χ0v) is 21.7. The summed E-state index contributed by atoms with van der Waals surface area (Å²) in [4.78, 5) is 17.3. The van der Waals surface area contributed by atoms with Crippen LogP contribution < -0.4 is 0 Å². The van der Waals surface area contributed by atoms with Gasteiger partial charge in [0, 0.05) is 43.7 Å². The normalized spacial score (nSPS) is 20.8. The first-order valence-electron chi connectivity index (χ1n) is 12.9. The van der Waals surface area contributed by atoms with E-state index in [9.17, 15) is 18.0 Å². The highest BCUT2D eigenvalue weighted by molar-refractivity contribution is 6.30. The SMILES string of the molecule is O=C(C1C[C@H]1c1ccccc1)N1CCN(CC(OCc2ccc(C(F)(F)F)cc2)c2ccc(Cl)cc2)CC1. The molecule has 1 aliphatic carbocycles.